The van der Waals surface area contributed by atoms with Crippen molar-refractivity contribution in [2.45, 2.75) is 65.0 Å². The molecule has 3 unspecified atom stereocenters. The summed E-state index contributed by atoms with van der Waals surface area (Å²) in [5.74, 6) is -0.222. The minimum atomic E-state index is -0.508. The molecule has 104 valence electrons. The van der Waals surface area contributed by atoms with Gasteiger partial charge >= 0.3 is 5.97 Å². The highest BCUT2D eigenvalue weighted by atomic mass is 16.7. The van der Waals surface area contributed by atoms with Gasteiger partial charge in [0, 0.05) is 0 Å². The Morgan fingerprint density at radius 3 is 2.61 bits per heavy atom. The smallest absolute Gasteiger partial charge is 0.309 e. The zero-order chi connectivity index (χ0) is 13.3. The van der Waals surface area contributed by atoms with Gasteiger partial charge in [-0.2, -0.15) is 0 Å². The number of hydrogen-bond donors (Lipinski definition) is 0. The van der Waals surface area contributed by atoms with Crippen LogP contribution >= 0.6 is 0 Å². The number of ether oxygens (including phenoxy) is 3. The fourth-order valence-electron chi connectivity index (χ4n) is 2.70. The van der Waals surface area contributed by atoms with Crippen LogP contribution in [0.25, 0.3) is 0 Å². The normalized spacial score (nSPS) is 34.4. The highest BCUT2D eigenvalue weighted by Crippen LogP contribution is 2.39. The predicted octanol–water partition coefficient (Wildman–Crippen LogP) is 2.51. The Morgan fingerprint density at radius 2 is 1.94 bits per heavy atom. The molecule has 2 aliphatic rings. The summed E-state index contributed by atoms with van der Waals surface area (Å²) in [7, 11) is 0. The van der Waals surface area contributed by atoms with Gasteiger partial charge in [-0.3, -0.25) is 4.79 Å². The van der Waals surface area contributed by atoms with Gasteiger partial charge in [-0.1, -0.05) is 13.8 Å². The topological polar surface area (TPSA) is 44.8 Å². The molecular formula is C14H24O4. The Bertz CT molecular complexity index is 311. The second kappa shape index (κ2) is 5.17. The van der Waals surface area contributed by atoms with Gasteiger partial charge in [0.2, 0.25) is 0 Å². The molecule has 0 spiro atoms. The predicted molar refractivity (Wildman–Crippen MR) is 67.0 cm³/mol. The van der Waals surface area contributed by atoms with Gasteiger partial charge < -0.3 is 14.2 Å². The quantitative estimate of drug-likeness (QED) is 0.728. The summed E-state index contributed by atoms with van der Waals surface area (Å²) in [5.41, 5.74) is 0. The number of hydrogen-bond acceptors (Lipinski definition) is 4. The van der Waals surface area contributed by atoms with E-state index in [-0.39, 0.29) is 24.1 Å². The average Bonchev–Trinajstić information content (AvgIpc) is 2.58. The van der Waals surface area contributed by atoms with Crippen molar-refractivity contribution >= 4 is 5.97 Å². The number of esters is 1. The molecule has 0 aromatic rings. The lowest BCUT2D eigenvalue weighted by atomic mass is 9.85. The van der Waals surface area contributed by atoms with Crippen LogP contribution in [0, 0.1) is 11.8 Å². The SMILES string of the molecule is CC(C)COC(=O)C1CCC2OC(C)(C)OC2C1. The molecule has 3 atom stereocenters. The molecule has 1 aliphatic carbocycles. The largest absolute Gasteiger partial charge is 0.465 e. The summed E-state index contributed by atoms with van der Waals surface area (Å²) in [4.78, 5) is 11.9. The van der Waals surface area contributed by atoms with E-state index in [1.54, 1.807) is 0 Å². The fourth-order valence-corrected chi connectivity index (χ4v) is 2.70. The first-order valence-electron chi connectivity index (χ1n) is 6.89. The highest BCUT2D eigenvalue weighted by Gasteiger charge is 2.46. The van der Waals surface area contributed by atoms with E-state index >= 15 is 0 Å². The third kappa shape index (κ3) is 3.23. The molecule has 18 heavy (non-hydrogen) atoms. The first-order valence-corrected chi connectivity index (χ1v) is 6.89. The van der Waals surface area contributed by atoms with Crippen LogP contribution in [0.5, 0.6) is 0 Å². The van der Waals surface area contributed by atoms with Gasteiger partial charge in [-0.05, 0) is 39.0 Å². The standard InChI is InChI=1S/C14H24O4/c1-9(2)8-16-13(15)10-5-6-11-12(7-10)18-14(3,4)17-11/h9-12H,5-8H2,1-4H3. The van der Waals surface area contributed by atoms with E-state index in [4.69, 9.17) is 14.2 Å². The van der Waals surface area contributed by atoms with Crippen LogP contribution in [-0.4, -0.2) is 30.6 Å². The third-order valence-corrected chi connectivity index (χ3v) is 3.49. The lowest BCUT2D eigenvalue weighted by molar-refractivity contribution is -0.154. The Balaban J connectivity index is 1.85. The number of fused-ring (bicyclic) bond motifs is 1. The zero-order valence-corrected chi connectivity index (χ0v) is 11.8. The first-order chi connectivity index (χ1) is 8.37. The summed E-state index contributed by atoms with van der Waals surface area (Å²) in [6.45, 7) is 8.45. The van der Waals surface area contributed by atoms with Crippen molar-refractivity contribution in [2.75, 3.05) is 6.61 Å². The van der Waals surface area contributed by atoms with Gasteiger partial charge in [0.25, 0.3) is 0 Å². The number of carbonyl (C=O) groups is 1. The summed E-state index contributed by atoms with van der Waals surface area (Å²) in [6.07, 6.45) is 2.65. The minimum absolute atomic E-state index is 0.0255. The maximum Gasteiger partial charge on any atom is 0.309 e. The van der Waals surface area contributed by atoms with Crippen molar-refractivity contribution in [1.29, 1.82) is 0 Å². The fraction of sp³-hybridized carbons (Fsp3) is 0.929. The van der Waals surface area contributed by atoms with E-state index in [0.717, 1.165) is 19.3 Å². The van der Waals surface area contributed by atoms with Crippen molar-refractivity contribution in [3.05, 3.63) is 0 Å². The van der Waals surface area contributed by atoms with Crippen molar-refractivity contribution in [2.24, 2.45) is 11.8 Å². The van der Waals surface area contributed by atoms with E-state index in [9.17, 15) is 4.79 Å². The Morgan fingerprint density at radius 1 is 1.28 bits per heavy atom. The van der Waals surface area contributed by atoms with Gasteiger partial charge in [0.1, 0.15) is 0 Å². The Hall–Kier alpha value is -0.610. The van der Waals surface area contributed by atoms with Crippen LogP contribution in [0.15, 0.2) is 0 Å². The zero-order valence-electron chi connectivity index (χ0n) is 11.8. The second-order valence-electron chi connectivity index (χ2n) is 6.25. The summed E-state index contributed by atoms with van der Waals surface area (Å²) in [6, 6.07) is 0. The number of carbonyl (C=O) groups excluding carboxylic acids is 1. The van der Waals surface area contributed by atoms with Crippen LogP contribution in [0.1, 0.15) is 47.0 Å². The molecule has 0 bridgehead atoms. The van der Waals surface area contributed by atoms with Crippen LogP contribution in [0.2, 0.25) is 0 Å². The molecule has 1 saturated heterocycles. The first kappa shape index (κ1) is 13.8. The van der Waals surface area contributed by atoms with Crippen molar-refractivity contribution < 1.29 is 19.0 Å². The van der Waals surface area contributed by atoms with Crippen LogP contribution in [0.3, 0.4) is 0 Å². The van der Waals surface area contributed by atoms with Crippen molar-refractivity contribution in [3.63, 3.8) is 0 Å². The lowest BCUT2D eigenvalue weighted by Crippen LogP contribution is -2.35. The molecule has 2 fully saturated rings. The van der Waals surface area contributed by atoms with Crippen molar-refractivity contribution in [1.82, 2.24) is 0 Å². The molecule has 0 radical (unpaired) electrons. The Labute approximate surface area is 109 Å². The molecule has 0 N–H and O–H groups in total. The van der Waals surface area contributed by atoms with Crippen LogP contribution in [0.4, 0.5) is 0 Å². The van der Waals surface area contributed by atoms with Gasteiger partial charge in [-0.25, -0.2) is 0 Å². The molecule has 0 aromatic heterocycles. The van der Waals surface area contributed by atoms with E-state index in [2.05, 4.69) is 0 Å². The molecular weight excluding hydrogens is 232 g/mol. The van der Waals surface area contributed by atoms with Crippen LogP contribution < -0.4 is 0 Å². The lowest BCUT2D eigenvalue weighted by Gasteiger charge is -2.28. The molecule has 0 aromatic carbocycles. The van der Waals surface area contributed by atoms with E-state index in [1.165, 1.54) is 0 Å². The number of rotatable bonds is 3. The van der Waals surface area contributed by atoms with Gasteiger partial charge in [0.05, 0.1) is 24.7 Å². The Kier molecular flexibility index (Phi) is 3.97. The maximum absolute atomic E-state index is 11.9. The molecule has 2 rings (SSSR count). The molecule has 0 amide bonds. The molecule has 4 nitrogen and oxygen atoms in total. The molecule has 1 heterocycles. The van der Waals surface area contributed by atoms with Gasteiger partial charge in [0.15, 0.2) is 5.79 Å². The van der Waals surface area contributed by atoms with Gasteiger partial charge in [-0.15, -0.1) is 0 Å². The summed E-state index contributed by atoms with van der Waals surface area (Å²) in [5, 5.41) is 0. The van der Waals surface area contributed by atoms with E-state index in [1.807, 2.05) is 27.7 Å². The second-order valence-corrected chi connectivity index (χ2v) is 6.25. The maximum atomic E-state index is 11.9. The third-order valence-electron chi connectivity index (χ3n) is 3.49. The highest BCUT2D eigenvalue weighted by molar-refractivity contribution is 5.72. The van der Waals surface area contributed by atoms with Crippen LogP contribution in [-0.2, 0) is 19.0 Å². The summed E-state index contributed by atoms with van der Waals surface area (Å²) >= 11 is 0. The average molecular weight is 256 g/mol. The summed E-state index contributed by atoms with van der Waals surface area (Å²) < 4.78 is 16.9. The van der Waals surface area contributed by atoms with Crippen molar-refractivity contribution in [3.8, 4) is 0 Å². The van der Waals surface area contributed by atoms with E-state index < -0.39 is 5.79 Å². The molecule has 1 saturated carbocycles. The molecule has 1 aliphatic heterocycles. The molecule has 4 heteroatoms. The monoisotopic (exact) mass is 256 g/mol. The minimum Gasteiger partial charge on any atom is -0.465 e. The van der Waals surface area contributed by atoms with E-state index in [0.29, 0.717) is 12.5 Å².